The van der Waals surface area contributed by atoms with Crippen molar-refractivity contribution in [2.75, 3.05) is 6.61 Å². The number of ether oxygens (including phenoxy) is 1. The molecule has 5 nitrogen and oxygen atoms in total. The van der Waals surface area contributed by atoms with Crippen LogP contribution in [0.1, 0.15) is 43.9 Å². The van der Waals surface area contributed by atoms with Gasteiger partial charge in [-0.1, -0.05) is 26.0 Å². The van der Waals surface area contributed by atoms with Gasteiger partial charge >= 0.3 is 5.97 Å². The lowest BCUT2D eigenvalue weighted by Gasteiger charge is -2.18. The number of nitrogens with zero attached hydrogens (tertiary/aromatic N) is 3. The molecule has 84 valence electrons. The molecule has 0 aliphatic carbocycles. The molecule has 0 saturated heterocycles. The van der Waals surface area contributed by atoms with Gasteiger partial charge in [0, 0.05) is 12.5 Å². The summed E-state index contributed by atoms with van der Waals surface area (Å²) in [5, 5.41) is 7.69. The number of esters is 1. The van der Waals surface area contributed by atoms with Gasteiger partial charge in [-0.25, -0.2) is 4.79 Å². The predicted octanol–water partition coefficient (Wildman–Crippen LogP) is 1.29. The van der Waals surface area contributed by atoms with E-state index >= 15 is 0 Å². The Bertz CT molecular complexity index is 363. The zero-order valence-electron chi connectivity index (χ0n) is 9.87. The Morgan fingerprint density at radius 2 is 2.07 bits per heavy atom. The molecule has 1 heterocycles. The second-order valence-electron chi connectivity index (χ2n) is 4.38. The molecule has 1 aromatic heterocycles. The van der Waals surface area contributed by atoms with E-state index in [2.05, 4.69) is 10.3 Å². The third-order valence-corrected chi connectivity index (χ3v) is 2.01. The van der Waals surface area contributed by atoms with Crippen LogP contribution in [0, 0.1) is 0 Å². The highest BCUT2D eigenvalue weighted by Gasteiger charge is 2.28. The first-order valence-corrected chi connectivity index (χ1v) is 4.95. The second kappa shape index (κ2) is 4.00. The van der Waals surface area contributed by atoms with E-state index in [9.17, 15) is 4.79 Å². The van der Waals surface area contributed by atoms with Gasteiger partial charge in [-0.3, -0.25) is 4.68 Å². The minimum Gasteiger partial charge on any atom is -0.461 e. The van der Waals surface area contributed by atoms with E-state index in [0.717, 1.165) is 5.69 Å². The molecule has 0 amide bonds. The smallest absolute Gasteiger partial charge is 0.360 e. The molecular weight excluding hydrogens is 194 g/mol. The predicted molar refractivity (Wildman–Crippen MR) is 55.7 cm³/mol. The molecule has 15 heavy (non-hydrogen) atoms. The van der Waals surface area contributed by atoms with Gasteiger partial charge in [0.25, 0.3) is 0 Å². The van der Waals surface area contributed by atoms with Crippen LogP contribution in [0.3, 0.4) is 0 Å². The lowest BCUT2D eigenvalue weighted by Crippen LogP contribution is -2.21. The maximum Gasteiger partial charge on any atom is 0.360 e. The topological polar surface area (TPSA) is 57.0 Å². The molecule has 0 spiro atoms. The normalized spacial score (nSPS) is 11.5. The fourth-order valence-electron chi connectivity index (χ4n) is 1.53. The molecular formula is C10H17N3O2. The molecule has 0 atom stereocenters. The SMILES string of the molecule is CCOC(=O)c1nnn(C)c1C(C)(C)C. The molecule has 1 rings (SSSR count). The third-order valence-electron chi connectivity index (χ3n) is 2.01. The molecule has 0 aromatic carbocycles. The molecule has 0 aliphatic heterocycles. The van der Waals surface area contributed by atoms with Gasteiger partial charge in [0.15, 0.2) is 5.69 Å². The lowest BCUT2D eigenvalue weighted by atomic mass is 9.90. The fourth-order valence-corrected chi connectivity index (χ4v) is 1.53. The van der Waals surface area contributed by atoms with Crippen LogP contribution in [-0.2, 0) is 17.2 Å². The van der Waals surface area contributed by atoms with Crippen molar-refractivity contribution in [2.45, 2.75) is 33.1 Å². The molecule has 0 saturated carbocycles. The molecule has 0 aliphatic rings. The molecule has 0 fully saturated rings. The number of carbonyl (C=O) groups is 1. The highest BCUT2D eigenvalue weighted by molar-refractivity contribution is 5.88. The standard InChI is InChI=1S/C10H17N3O2/c1-6-15-9(14)7-8(10(2,3)4)13(5)12-11-7/h6H2,1-5H3. The van der Waals surface area contributed by atoms with Gasteiger partial charge in [-0.15, -0.1) is 5.10 Å². The minimum absolute atomic E-state index is 0.180. The Labute approximate surface area is 89.4 Å². The van der Waals surface area contributed by atoms with Crippen molar-refractivity contribution in [1.29, 1.82) is 0 Å². The summed E-state index contributed by atoms with van der Waals surface area (Å²) in [4.78, 5) is 11.6. The summed E-state index contributed by atoms with van der Waals surface area (Å²) in [5.74, 6) is -0.407. The lowest BCUT2D eigenvalue weighted by molar-refractivity contribution is 0.0516. The Morgan fingerprint density at radius 1 is 1.47 bits per heavy atom. The third kappa shape index (κ3) is 2.34. The van der Waals surface area contributed by atoms with E-state index < -0.39 is 5.97 Å². The number of aryl methyl sites for hydroxylation is 1. The number of aromatic nitrogens is 3. The Hall–Kier alpha value is -1.39. The average Bonchev–Trinajstić information content (AvgIpc) is 2.46. The maximum absolute atomic E-state index is 11.6. The Morgan fingerprint density at radius 3 is 2.53 bits per heavy atom. The number of rotatable bonds is 2. The zero-order chi connectivity index (χ0) is 11.6. The summed E-state index contributed by atoms with van der Waals surface area (Å²) in [5.41, 5.74) is 0.924. The van der Waals surface area contributed by atoms with Gasteiger partial charge < -0.3 is 4.74 Å². The zero-order valence-corrected chi connectivity index (χ0v) is 9.87. The Balaban J connectivity index is 3.15. The molecule has 0 unspecified atom stereocenters. The molecule has 0 N–H and O–H groups in total. The van der Waals surface area contributed by atoms with E-state index in [-0.39, 0.29) is 5.41 Å². The van der Waals surface area contributed by atoms with Gasteiger partial charge in [0.2, 0.25) is 0 Å². The quantitative estimate of drug-likeness (QED) is 0.692. The van der Waals surface area contributed by atoms with Gasteiger partial charge in [0.05, 0.1) is 12.3 Å². The first-order valence-electron chi connectivity index (χ1n) is 4.95. The van der Waals surface area contributed by atoms with Crippen LogP contribution in [0.5, 0.6) is 0 Å². The molecule has 5 heteroatoms. The molecule has 0 radical (unpaired) electrons. The van der Waals surface area contributed by atoms with Crippen molar-refractivity contribution in [3.63, 3.8) is 0 Å². The number of hydrogen-bond donors (Lipinski definition) is 0. The van der Waals surface area contributed by atoms with Crippen LogP contribution < -0.4 is 0 Å². The van der Waals surface area contributed by atoms with Crippen LogP contribution in [0.25, 0.3) is 0 Å². The maximum atomic E-state index is 11.6. The van der Waals surface area contributed by atoms with Crippen LogP contribution in [0.15, 0.2) is 0 Å². The van der Waals surface area contributed by atoms with Crippen molar-refractivity contribution in [3.05, 3.63) is 11.4 Å². The summed E-state index contributed by atoms with van der Waals surface area (Å²) in [6, 6.07) is 0. The van der Waals surface area contributed by atoms with Crippen LogP contribution >= 0.6 is 0 Å². The largest absolute Gasteiger partial charge is 0.461 e. The van der Waals surface area contributed by atoms with E-state index in [1.54, 1.807) is 18.7 Å². The summed E-state index contributed by atoms with van der Waals surface area (Å²) in [7, 11) is 1.77. The first kappa shape index (κ1) is 11.7. The molecule has 0 bridgehead atoms. The van der Waals surface area contributed by atoms with Crippen molar-refractivity contribution in [3.8, 4) is 0 Å². The van der Waals surface area contributed by atoms with Crippen molar-refractivity contribution in [2.24, 2.45) is 7.05 Å². The van der Waals surface area contributed by atoms with E-state index in [1.807, 2.05) is 20.8 Å². The van der Waals surface area contributed by atoms with Crippen molar-refractivity contribution in [1.82, 2.24) is 15.0 Å². The second-order valence-corrected chi connectivity index (χ2v) is 4.38. The van der Waals surface area contributed by atoms with E-state index in [4.69, 9.17) is 4.74 Å². The number of hydrogen-bond acceptors (Lipinski definition) is 4. The highest BCUT2D eigenvalue weighted by atomic mass is 16.5. The fraction of sp³-hybridized carbons (Fsp3) is 0.700. The van der Waals surface area contributed by atoms with E-state index in [0.29, 0.717) is 12.3 Å². The summed E-state index contributed by atoms with van der Waals surface area (Å²) in [6.45, 7) is 8.14. The van der Waals surface area contributed by atoms with Crippen LogP contribution in [0.2, 0.25) is 0 Å². The number of carbonyl (C=O) groups excluding carboxylic acids is 1. The summed E-state index contributed by atoms with van der Waals surface area (Å²) in [6.07, 6.45) is 0. The minimum atomic E-state index is -0.407. The van der Waals surface area contributed by atoms with E-state index in [1.165, 1.54) is 0 Å². The van der Waals surface area contributed by atoms with Gasteiger partial charge in [0.1, 0.15) is 0 Å². The molecule has 1 aromatic rings. The first-order chi connectivity index (χ1) is 6.88. The van der Waals surface area contributed by atoms with Crippen LogP contribution in [-0.4, -0.2) is 27.6 Å². The van der Waals surface area contributed by atoms with Gasteiger partial charge in [-0.2, -0.15) is 0 Å². The monoisotopic (exact) mass is 211 g/mol. The summed E-state index contributed by atoms with van der Waals surface area (Å²) >= 11 is 0. The van der Waals surface area contributed by atoms with Crippen LogP contribution in [0.4, 0.5) is 0 Å². The van der Waals surface area contributed by atoms with Crippen molar-refractivity contribution >= 4 is 5.97 Å². The Kier molecular flexibility index (Phi) is 3.12. The average molecular weight is 211 g/mol. The van der Waals surface area contributed by atoms with Gasteiger partial charge in [-0.05, 0) is 6.92 Å². The van der Waals surface area contributed by atoms with Crippen molar-refractivity contribution < 1.29 is 9.53 Å². The highest BCUT2D eigenvalue weighted by Crippen LogP contribution is 2.24. The summed E-state index contributed by atoms with van der Waals surface area (Å²) < 4.78 is 6.54.